The summed E-state index contributed by atoms with van der Waals surface area (Å²) >= 11 is 1.21. The molecule has 1 aliphatic rings. The fraction of sp³-hybridized carbons (Fsp3) is 0.111. The third-order valence-corrected chi connectivity index (χ3v) is 4.68. The fourth-order valence-corrected chi connectivity index (χ4v) is 3.27. The molecule has 132 valence electrons. The predicted molar refractivity (Wildman–Crippen MR) is 105 cm³/mol. The van der Waals surface area contributed by atoms with E-state index in [9.17, 15) is 14.9 Å². The molecule has 1 aliphatic heterocycles. The van der Waals surface area contributed by atoms with Gasteiger partial charge < -0.3 is 10.6 Å². The van der Waals surface area contributed by atoms with Crippen molar-refractivity contribution in [1.82, 2.24) is 5.32 Å². The quantitative estimate of drug-likeness (QED) is 0.486. The third-order valence-electron chi connectivity index (χ3n) is 3.77. The maximum Gasteiger partial charge on any atom is 0.292 e. The standard InChI is InChI=1S/C18H16N4O3S/c1-11-5-3-4-6-13(11)20-18-21-17(23)16(26-18)10-12-7-8-14(19-2)15(9-12)22(24)25/h3-10,19H,1-2H3,(H,20,21,23)/b16-10+. The van der Waals surface area contributed by atoms with Crippen molar-refractivity contribution >= 4 is 46.0 Å². The number of aryl methyl sites for hydroxylation is 1. The molecule has 1 heterocycles. The van der Waals surface area contributed by atoms with E-state index in [1.165, 1.54) is 17.8 Å². The zero-order valence-electron chi connectivity index (χ0n) is 14.1. The van der Waals surface area contributed by atoms with Crippen LogP contribution in [0.2, 0.25) is 0 Å². The molecule has 2 aromatic carbocycles. The number of benzene rings is 2. The van der Waals surface area contributed by atoms with Gasteiger partial charge in [0.05, 0.1) is 15.5 Å². The van der Waals surface area contributed by atoms with Crippen LogP contribution in [-0.2, 0) is 4.79 Å². The Bertz CT molecular complexity index is 953. The van der Waals surface area contributed by atoms with Gasteiger partial charge in [0, 0.05) is 13.1 Å². The maximum absolute atomic E-state index is 12.2. The number of nitrogens with zero attached hydrogens (tertiary/aromatic N) is 2. The van der Waals surface area contributed by atoms with Crippen molar-refractivity contribution < 1.29 is 9.72 Å². The number of amidine groups is 1. The molecule has 1 saturated heterocycles. The van der Waals surface area contributed by atoms with Crippen LogP contribution in [0.25, 0.3) is 6.08 Å². The van der Waals surface area contributed by atoms with Gasteiger partial charge >= 0.3 is 0 Å². The first-order valence-corrected chi connectivity index (χ1v) is 8.61. The molecular formula is C18H16N4O3S. The number of anilines is 1. The number of thioether (sulfide) groups is 1. The van der Waals surface area contributed by atoms with Gasteiger partial charge in [-0.25, -0.2) is 4.99 Å². The van der Waals surface area contributed by atoms with Gasteiger partial charge in [-0.05, 0) is 48.0 Å². The molecule has 2 N–H and O–H groups in total. The van der Waals surface area contributed by atoms with E-state index in [-0.39, 0.29) is 11.6 Å². The Labute approximate surface area is 154 Å². The number of carbonyl (C=O) groups excluding carboxylic acids is 1. The lowest BCUT2D eigenvalue weighted by Crippen LogP contribution is -2.19. The van der Waals surface area contributed by atoms with E-state index in [0.29, 0.717) is 21.3 Å². The molecular weight excluding hydrogens is 352 g/mol. The lowest BCUT2D eigenvalue weighted by atomic mass is 10.1. The van der Waals surface area contributed by atoms with Crippen LogP contribution >= 0.6 is 11.8 Å². The average Bonchev–Trinajstić information content (AvgIpc) is 2.96. The maximum atomic E-state index is 12.2. The van der Waals surface area contributed by atoms with Crippen LogP contribution in [0.15, 0.2) is 52.4 Å². The van der Waals surface area contributed by atoms with Gasteiger partial charge in [0.2, 0.25) is 0 Å². The Hall–Kier alpha value is -3.13. The lowest BCUT2D eigenvalue weighted by molar-refractivity contribution is -0.384. The van der Waals surface area contributed by atoms with Crippen LogP contribution in [-0.4, -0.2) is 23.0 Å². The molecule has 8 heteroatoms. The Morgan fingerprint density at radius 2 is 2.04 bits per heavy atom. The van der Waals surface area contributed by atoms with Crippen molar-refractivity contribution in [3.05, 3.63) is 68.6 Å². The van der Waals surface area contributed by atoms with Crippen LogP contribution in [0.3, 0.4) is 0 Å². The molecule has 0 aliphatic carbocycles. The topological polar surface area (TPSA) is 96.6 Å². The Morgan fingerprint density at radius 1 is 1.27 bits per heavy atom. The van der Waals surface area contributed by atoms with E-state index in [1.807, 2.05) is 31.2 Å². The highest BCUT2D eigenvalue weighted by atomic mass is 32.2. The van der Waals surface area contributed by atoms with Crippen molar-refractivity contribution in [2.45, 2.75) is 6.92 Å². The smallest absolute Gasteiger partial charge is 0.292 e. The second-order valence-corrected chi connectivity index (χ2v) is 6.58. The molecule has 26 heavy (non-hydrogen) atoms. The SMILES string of the molecule is CNc1ccc(/C=C2/SC(=Nc3ccccc3C)NC2=O)cc1[N+](=O)[O-]. The molecule has 0 saturated carbocycles. The van der Waals surface area contributed by atoms with Crippen LogP contribution < -0.4 is 10.6 Å². The van der Waals surface area contributed by atoms with E-state index >= 15 is 0 Å². The van der Waals surface area contributed by atoms with E-state index in [4.69, 9.17) is 0 Å². The summed E-state index contributed by atoms with van der Waals surface area (Å²) in [6, 6.07) is 12.4. The average molecular weight is 368 g/mol. The van der Waals surface area contributed by atoms with E-state index in [0.717, 1.165) is 11.3 Å². The van der Waals surface area contributed by atoms with Crippen LogP contribution in [0.1, 0.15) is 11.1 Å². The summed E-state index contributed by atoms with van der Waals surface area (Å²) in [6.07, 6.45) is 1.62. The molecule has 0 unspecified atom stereocenters. The Balaban J connectivity index is 1.89. The van der Waals surface area contributed by atoms with Crippen LogP contribution in [0.5, 0.6) is 0 Å². The number of rotatable bonds is 4. The predicted octanol–water partition coefficient (Wildman–Crippen LogP) is 3.84. The van der Waals surface area contributed by atoms with E-state index in [2.05, 4.69) is 15.6 Å². The summed E-state index contributed by atoms with van der Waals surface area (Å²) in [7, 11) is 1.62. The number of hydrogen-bond donors (Lipinski definition) is 2. The molecule has 0 spiro atoms. The minimum Gasteiger partial charge on any atom is -0.383 e. The number of nitrogens with one attached hydrogen (secondary N) is 2. The van der Waals surface area contributed by atoms with Gasteiger partial charge in [-0.3, -0.25) is 14.9 Å². The van der Waals surface area contributed by atoms with Crippen molar-refractivity contribution in [2.75, 3.05) is 12.4 Å². The number of carbonyl (C=O) groups is 1. The molecule has 1 fully saturated rings. The highest BCUT2D eigenvalue weighted by molar-refractivity contribution is 8.18. The van der Waals surface area contributed by atoms with Gasteiger partial charge in [0.15, 0.2) is 5.17 Å². The van der Waals surface area contributed by atoms with Gasteiger partial charge in [0.25, 0.3) is 11.6 Å². The monoisotopic (exact) mass is 368 g/mol. The van der Waals surface area contributed by atoms with E-state index in [1.54, 1.807) is 25.3 Å². The number of amides is 1. The Morgan fingerprint density at radius 3 is 2.73 bits per heavy atom. The van der Waals surface area contributed by atoms with Gasteiger partial charge in [-0.1, -0.05) is 24.3 Å². The van der Waals surface area contributed by atoms with Gasteiger partial charge in [0.1, 0.15) is 5.69 Å². The second kappa shape index (κ2) is 7.40. The normalized spacial score (nSPS) is 16.8. The fourth-order valence-electron chi connectivity index (χ4n) is 2.43. The third kappa shape index (κ3) is 3.75. The largest absolute Gasteiger partial charge is 0.383 e. The zero-order chi connectivity index (χ0) is 18.7. The highest BCUT2D eigenvalue weighted by Crippen LogP contribution is 2.31. The summed E-state index contributed by atoms with van der Waals surface area (Å²) in [5.74, 6) is -0.275. The van der Waals surface area contributed by atoms with Crippen LogP contribution in [0, 0.1) is 17.0 Å². The second-order valence-electron chi connectivity index (χ2n) is 5.55. The van der Waals surface area contributed by atoms with Crippen LogP contribution in [0.4, 0.5) is 17.1 Å². The minimum atomic E-state index is -0.458. The summed E-state index contributed by atoms with van der Waals surface area (Å²) in [5, 5.41) is 17.1. The summed E-state index contributed by atoms with van der Waals surface area (Å²) in [5.41, 5.74) is 2.74. The first kappa shape index (κ1) is 17.7. The first-order valence-electron chi connectivity index (χ1n) is 7.79. The van der Waals surface area contributed by atoms with Crippen molar-refractivity contribution in [3.8, 4) is 0 Å². The summed E-state index contributed by atoms with van der Waals surface area (Å²) in [6.45, 7) is 1.94. The summed E-state index contributed by atoms with van der Waals surface area (Å²) in [4.78, 5) is 27.8. The first-order chi connectivity index (χ1) is 12.5. The number of aliphatic imine (C=N–C) groups is 1. The van der Waals surface area contributed by atoms with Gasteiger partial charge in [-0.2, -0.15) is 0 Å². The van der Waals surface area contributed by atoms with Crippen molar-refractivity contribution in [2.24, 2.45) is 4.99 Å². The van der Waals surface area contributed by atoms with E-state index < -0.39 is 4.92 Å². The van der Waals surface area contributed by atoms with Crippen molar-refractivity contribution in [3.63, 3.8) is 0 Å². The molecule has 7 nitrogen and oxygen atoms in total. The van der Waals surface area contributed by atoms with Crippen molar-refractivity contribution in [1.29, 1.82) is 0 Å². The Kier molecular flexibility index (Phi) is 5.04. The number of hydrogen-bond acceptors (Lipinski definition) is 6. The zero-order valence-corrected chi connectivity index (χ0v) is 15.0. The minimum absolute atomic E-state index is 0.0425. The summed E-state index contributed by atoms with van der Waals surface area (Å²) < 4.78 is 0. The number of nitro groups is 1. The number of para-hydroxylation sites is 1. The lowest BCUT2D eigenvalue weighted by Gasteiger charge is -2.03. The number of nitro benzene ring substituents is 1. The van der Waals surface area contributed by atoms with Gasteiger partial charge in [-0.15, -0.1) is 0 Å². The molecule has 1 amide bonds. The molecule has 3 rings (SSSR count). The molecule has 2 aromatic rings. The molecule has 0 aromatic heterocycles. The highest BCUT2D eigenvalue weighted by Gasteiger charge is 2.24. The molecule has 0 bridgehead atoms. The molecule has 0 radical (unpaired) electrons. The molecule has 0 atom stereocenters.